The van der Waals surface area contributed by atoms with Crippen LogP contribution in [0.15, 0.2) is 36.7 Å². The largest absolute Gasteiger partial charge is 0.393 e. The summed E-state index contributed by atoms with van der Waals surface area (Å²) in [6.45, 7) is 7.73. The van der Waals surface area contributed by atoms with E-state index in [0.29, 0.717) is 17.7 Å². The number of aryl methyl sites for hydroxylation is 1. The van der Waals surface area contributed by atoms with Crippen molar-refractivity contribution >= 4 is 11.6 Å². The number of piperidine rings is 3. The summed E-state index contributed by atoms with van der Waals surface area (Å²) in [5.74, 6) is 0.758. The molecule has 7 nitrogen and oxygen atoms in total. The lowest BCUT2D eigenvalue weighted by Gasteiger charge is -2.41. The molecule has 0 aliphatic carbocycles. The van der Waals surface area contributed by atoms with Crippen molar-refractivity contribution in [2.45, 2.75) is 70.4 Å². The molecular formula is C29H41N5O2. The van der Waals surface area contributed by atoms with Crippen molar-refractivity contribution in [1.82, 2.24) is 19.8 Å². The minimum Gasteiger partial charge on any atom is -0.393 e. The number of anilines is 1. The summed E-state index contributed by atoms with van der Waals surface area (Å²) in [7, 11) is 0. The third kappa shape index (κ3) is 5.89. The third-order valence-corrected chi connectivity index (χ3v) is 8.68. The van der Waals surface area contributed by atoms with E-state index < -0.39 is 0 Å². The molecule has 3 saturated heterocycles. The molecule has 3 aliphatic rings. The Labute approximate surface area is 215 Å². The van der Waals surface area contributed by atoms with Crippen LogP contribution in [0.1, 0.15) is 66.7 Å². The van der Waals surface area contributed by atoms with E-state index >= 15 is 0 Å². The van der Waals surface area contributed by atoms with E-state index in [1.54, 1.807) is 6.33 Å². The van der Waals surface area contributed by atoms with Crippen LogP contribution in [0.25, 0.3) is 0 Å². The average molecular weight is 492 g/mol. The van der Waals surface area contributed by atoms with Gasteiger partial charge in [-0.05, 0) is 76.3 Å². The van der Waals surface area contributed by atoms with Crippen LogP contribution >= 0.6 is 0 Å². The van der Waals surface area contributed by atoms with E-state index in [2.05, 4.69) is 50.1 Å². The molecule has 0 spiro atoms. The summed E-state index contributed by atoms with van der Waals surface area (Å²) >= 11 is 0. The predicted octanol–water partition coefficient (Wildman–Crippen LogP) is 3.70. The van der Waals surface area contributed by atoms with Gasteiger partial charge in [-0.25, -0.2) is 9.97 Å². The van der Waals surface area contributed by atoms with Crippen molar-refractivity contribution in [3.63, 3.8) is 0 Å². The monoisotopic (exact) mass is 491 g/mol. The standard InChI is InChI=1S/C29H41N5O2/c1-22-27(8-7-23-9-15-32(16-10-23)24-5-3-2-4-6-24)30-21-31-28(22)29(36)34-17-11-25(12-18-34)33-19-13-26(35)14-20-33/h2-6,21,23,25-26,35H,7-20H2,1H3. The van der Waals surface area contributed by atoms with E-state index in [-0.39, 0.29) is 12.0 Å². The zero-order valence-corrected chi connectivity index (χ0v) is 21.7. The number of aliphatic hydroxyl groups excluding tert-OH is 1. The molecule has 0 saturated carbocycles. The summed E-state index contributed by atoms with van der Waals surface area (Å²) in [4.78, 5) is 29.3. The van der Waals surface area contributed by atoms with Crippen molar-refractivity contribution < 1.29 is 9.90 Å². The number of likely N-dealkylation sites (tertiary alicyclic amines) is 2. The van der Waals surface area contributed by atoms with Gasteiger partial charge in [-0.3, -0.25) is 4.79 Å². The molecular weight excluding hydrogens is 450 g/mol. The third-order valence-electron chi connectivity index (χ3n) is 8.68. The highest BCUT2D eigenvalue weighted by atomic mass is 16.3. The topological polar surface area (TPSA) is 72.8 Å². The summed E-state index contributed by atoms with van der Waals surface area (Å²) in [5.41, 5.74) is 3.89. The Morgan fingerprint density at radius 1 is 0.917 bits per heavy atom. The number of carbonyl (C=O) groups is 1. The van der Waals surface area contributed by atoms with E-state index in [0.717, 1.165) is 89.1 Å². The molecule has 0 unspecified atom stereocenters. The molecule has 1 amide bonds. The fourth-order valence-corrected chi connectivity index (χ4v) is 6.25. The van der Waals surface area contributed by atoms with Gasteiger partial charge in [0.1, 0.15) is 12.0 Å². The van der Waals surface area contributed by atoms with Gasteiger partial charge in [-0.15, -0.1) is 0 Å². The molecule has 1 aromatic heterocycles. The number of hydrogen-bond donors (Lipinski definition) is 1. The fourth-order valence-electron chi connectivity index (χ4n) is 6.25. The number of amides is 1. The van der Waals surface area contributed by atoms with Crippen molar-refractivity contribution in [2.24, 2.45) is 5.92 Å². The summed E-state index contributed by atoms with van der Waals surface area (Å²) in [6.07, 6.45) is 9.62. The second-order valence-electron chi connectivity index (χ2n) is 10.9. The minimum absolute atomic E-state index is 0.0554. The second kappa shape index (κ2) is 11.7. The lowest BCUT2D eigenvalue weighted by molar-refractivity contribution is 0.0355. The Morgan fingerprint density at radius 2 is 1.61 bits per heavy atom. The molecule has 3 fully saturated rings. The molecule has 5 rings (SSSR count). The predicted molar refractivity (Wildman–Crippen MR) is 142 cm³/mol. The molecule has 7 heteroatoms. The Balaban J connectivity index is 1.11. The van der Waals surface area contributed by atoms with E-state index in [1.807, 2.05) is 11.8 Å². The van der Waals surface area contributed by atoms with Gasteiger partial charge in [-0.2, -0.15) is 0 Å². The maximum absolute atomic E-state index is 13.4. The number of rotatable bonds is 6. The number of benzene rings is 1. The normalized spacial score (nSPS) is 21.2. The molecule has 36 heavy (non-hydrogen) atoms. The molecule has 0 atom stereocenters. The molecule has 1 N–H and O–H groups in total. The highest BCUT2D eigenvalue weighted by molar-refractivity contribution is 5.93. The Bertz CT molecular complexity index is 992. The van der Waals surface area contributed by atoms with Gasteiger partial charge in [-0.1, -0.05) is 18.2 Å². The van der Waals surface area contributed by atoms with Crippen molar-refractivity contribution in [3.8, 4) is 0 Å². The van der Waals surface area contributed by atoms with Gasteiger partial charge < -0.3 is 19.8 Å². The molecule has 1 aromatic carbocycles. The molecule has 3 aliphatic heterocycles. The van der Waals surface area contributed by atoms with Gasteiger partial charge in [0.05, 0.1) is 6.10 Å². The van der Waals surface area contributed by atoms with Crippen LogP contribution < -0.4 is 4.90 Å². The molecule has 194 valence electrons. The molecule has 0 bridgehead atoms. The zero-order valence-electron chi connectivity index (χ0n) is 21.7. The van der Waals surface area contributed by atoms with E-state index in [1.165, 1.54) is 18.5 Å². The van der Waals surface area contributed by atoms with Crippen LogP contribution in [0, 0.1) is 12.8 Å². The molecule has 4 heterocycles. The zero-order chi connectivity index (χ0) is 24.9. The summed E-state index contributed by atoms with van der Waals surface area (Å²) in [5, 5.41) is 9.79. The van der Waals surface area contributed by atoms with Crippen LogP contribution in [0.4, 0.5) is 5.69 Å². The summed E-state index contributed by atoms with van der Waals surface area (Å²) in [6, 6.07) is 11.2. The van der Waals surface area contributed by atoms with Crippen LogP contribution in [0.5, 0.6) is 0 Å². The first-order chi connectivity index (χ1) is 17.6. The maximum Gasteiger partial charge on any atom is 0.272 e. The second-order valence-corrected chi connectivity index (χ2v) is 10.9. The van der Waals surface area contributed by atoms with Gasteiger partial charge in [0, 0.05) is 62.3 Å². The van der Waals surface area contributed by atoms with E-state index in [4.69, 9.17) is 0 Å². The smallest absolute Gasteiger partial charge is 0.272 e. The summed E-state index contributed by atoms with van der Waals surface area (Å²) < 4.78 is 0. The van der Waals surface area contributed by atoms with E-state index in [9.17, 15) is 9.90 Å². The lowest BCUT2D eigenvalue weighted by Crippen LogP contribution is -2.49. The lowest BCUT2D eigenvalue weighted by atomic mass is 9.90. The number of aliphatic hydroxyl groups is 1. The maximum atomic E-state index is 13.4. The van der Waals surface area contributed by atoms with Gasteiger partial charge in [0.15, 0.2) is 0 Å². The first-order valence-corrected chi connectivity index (χ1v) is 13.9. The minimum atomic E-state index is -0.139. The number of aromatic nitrogens is 2. The quantitative estimate of drug-likeness (QED) is 0.664. The average Bonchev–Trinajstić information content (AvgIpc) is 2.93. The molecule has 0 radical (unpaired) electrons. The Kier molecular flexibility index (Phi) is 8.17. The van der Waals surface area contributed by atoms with Gasteiger partial charge >= 0.3 is 0 Å². The first-order valence-electron chi connectivity index (χ1n) is 13.9. The van der Waals surface area contributed by atoms with Crippen LogP contribution in [0.2, 0.25) is 0 Å². The fraction of sp³-hybridized carbons (Fsp3) is 0.621. The number of nitrogens with zero attached hydrogens (tertiary/aromatic N) is 5. The number of hydrogen-bond acceptors (Lipinski definition) is 6. The van der Waals surface area contributed by atoms with Gasteiger partial charge in [0.2, 0.25) is 0 Å². The number of para-hydroxylation sites is 1. The SMILES string of the molecule is Cc1c(CCC2CCN(c3ccccc3)CC2)ncnc1C(=O)N1CCC(N2CCC(O)CC2)CC1. The van der Waals surface area contributed by atoms with Crippen molar-refractivity contribution in [1.29, 1.82) is 0 Å². The Morgan fingerprint density at radius 3 is 2.31 bits per heavy atom. The number of carbonyl (C=O) groups excluding carboxylic acids is 1. The molecule has 2 aromatic rings. The van der Waals surface area contributed by atoms with Crippen LogP contribution in [-0.4, -0.2) is 82.2 Å². The van der Waals surface area contributed by atoms with Crippen molar-refractivity contribution in [3.05, 3.63) is 53.6 Å². The van der Waals surface area contributed by atoms with Crippen LogP contribution in [0.3, 0.4) is 0 Å². The van der Waals surface area contributed by atoms with Crippen LogP contribution in [-0.2, 0) is 6.42 Å². The highest BCUT2D eigenvalue weighted by Crippen LogP contribution is 2.27. The Hall–Kier alpha value is -2.51. The van der Waals surface area contributed by atoms with Gasteiger partial charge in [0.25, 0.3) is 5.91 Å². The highest BCUT2D eigenvalue weighted by Gasteiger charge is 2.30. The van der Waals surface area contributed by atoms with Crippen molar-refractivity contribution in [2.75, 3.05) is 44.2 Å². The first kappa shape index (κ1) is 25.2.